The number of pyridine rings is 1. The number of carbonyl (C=O) groups excluding carboxylic acids is 1. The van der Waals surface area contributed by atoms with Gasteiger partial charge in [0.2, 0.25) is 0 Å². The molecule has 0 saturated heterocycles. The van der Waals surface area contributed by atoms with Crippen LogP contribution < -0.4 is 16.8 Å². The summed E-state index contributed by atoms with van der Waals surface area (Å²) in [7, 11) is 0. The Hall–Kier alpha value is -2.56. The highest BCUT2D eigenvalue weighted by atomic mass is 16.1. The van der Waals surface area contributed by atoms with E-state index < -0.39 is 0 Å². The van der Waals surface area contributed by atoms with Gasteiger partial charge in [0.25, 0.3) is 5.91 Å². The average Bonchev–Trinajstić information content (AvgIpc) is 2.35. The molecule has 1 amide bonds. The number of carbonyl (C=O) groups is 1. The van der Waals surface area contributed by atoms with E-state index in [-0.39, 0.29) is 11.7 Å². The maximum absolute atomic E-state index is 11.9. The third-order valence-electron chi connectivity index (χ3n) is 2.29. The molecule has 0 radical (unpaired) electrons. The van der Waals surface area contributed by atoms with Gasteiger partial charge in [-0.3, -0.25) is 4.79 Å². The number of nitrogens with one attached hydrogen (secondary N) is 1. The van der Waals surface area contributed by atoms with E-state index >= 15 is 0 Å². The van der Waals surface area contributed by atoms with Gasteiger partial charge < -0.3 is 16.8 Å². The number of hydrogen-bond acceptors (Lipinski definition) is 4. The van der Waals surface area contributed by atoms with Crippen molar-refractivity contribution in [2.75, 3.05) is 16.8 Å². The summed E-state index contributed by atoms with van der Waals surface area (Å²) in [5.41, 5.74) is 12.6. The Morgan fingerprint density at radius 2 is 1.82 bits per heavy atom. The largest absolute Gasteiger partial charge is 0.397 e. The van der Waals surface area contributed by atoms with Crippen LogP contribution in [0.4, 0.5) is 17.2 Å². The first kappa shape index (κ1) is 10.9. The maximum Gasteiger partial charge on any atom is 0.255 e. The summed E-state index contributed by atoms with van der Waals surface area (Å²) in [5.74, 6) is -0.0636. The maximum atomic E-state index is 11.9. The molecule has 0 aliphatic heterocycles. The molecule has 17 heavy (non-hydrogen) atoms. The van der Waals surface area contributed by atoms with Gasteiger partial charge in [0.15, 0.2) is 0 Å². The van der Waals surface area contributed by atoms with Crippen molar-refractivity contribution < 1.29 is 4.79 Å². The zero-order valence-electron chi connectivity index (χ0n) is 9.05. The van der Waals surface area contributed by atoms with Crippen molar-refractivity contribution >= 4 is 23.1 Å². The number of anilines is 3. The second kappa shape index (κ2) is 4.52. The topological polar surface area (TPSA) is 94.0 Å². The van der Waals surface area contributed by atoms with Gasteiger partial charge in [-0.1, -0.05) is 18.2 Å². The molecular weight excluding hydrogens is 216 g/mol. The molecule has 1 aromatic heterocycles. The summed E-state index contributed by atoms with van der Waals surface area (Å²) in [6.45, 7) is 0. The summed E-state index contributed by atoms with van der Waals surface area (Å²) >= 11 is 0. The van der Waals surface area contributed by atoms with Gasteiger partial charge in [-0.15, -0.1) is 0 Å². The molecule has 0 aliphatic rings. The third kappa shape index (κ3) is 2.34. The molecule has 0 bridgehead atoms. The van der Waals surface area contributed by atoms with Gasteiger partial charge in [-0.05, 0) is 18.2 Å². The Bertz CT molecular complexity index is 519. The van der Waals surface area contributed by atoms with Crippen LogP contribution in [0, 0.1) is 0 Å². The first-order chi connectivity index (χ1) is 8.18. The van der Waals surface area contributed by atoms with Gasteiger partial charge in [0.05, 0.1) is 5.69 Å². The molecular formula is C12H12N4O. The summed E-state index contributed by atoms with van der Waals surface area (Å²) in [6, 6.07) is 10.4. The van der Waals surface area contributed by atoms with Crippen molar-refractivity contribution in [3.63, 3.8) is 0 Å². The van der Waals surface area contributed by atoms with Crippen LogP contribution in [0.1, 0.15) is 10.4 Å². The van der Waals surface area contributed by atoms with Crippen LogP contribution in [0.3, 0.4) is 0 Å². The van der Waals surface area contributed by atoms with Gasteiger partial charge >= 0.3 is 0 Å². The minimum Gasteiger partial charge on any atom is -0.397 e. The molecule has 0 saturated carbocycles. The summed E-state index contributed by atoms with van der Waals surface area (Å²) < 4.78 is 0. The lowest BCUT2D eigenvalue weighted by molar-refractivity contribution is 0.102. The molecule has 1 aromatic carbocycles. The highest BCUT2D eigenvalue weighted by Crippen LogP contribution is 2.23. The average molecular weight is 228 g/mol. The van der Waals surface area contributed by atoms with Crippen LogP contribution in [0.5, 0.6) is 0 Å². The van der Waals surface area contributed by atoms with E-state index in [2.05, 4.69) is 10.3 Å². The van der Waals surface area contributed by atoms with Crippen molar-refractivity contribution in [3.05, 3.63) is 48.2 Å². The first-order valence-electron chi connectivity index (χ1n) is 5.05. The predicted molar refractivity (Wildman–Crippen MR) is 67.5 cm³/mol. The van der Waals surface area contributed by atoms with Crippen molar-refractivity contribution in [2.45, 2.75) is 0 Å². The highest BCUT2D eigenvalue weighted by Gasteiger charge is 2.10. The Balaban J connectivity index is 2.25. The van der Waals surface area contributed by atoms with Crippen molar-refractivity contribution in [2.24, 2.45) is 0 Å². The molecule has 0 fully saturated rings. The van der Waals surface area contributed by atoms with E-state index in [1.165, 1.54) is 6.20 Å². The second-order valence-corrected chi connectivity index (χ2v) is 3.48. The van der Waals surface area contributed by atoms with Crippen LogP contribution in [-0.4, -0.2) is 10.9 Å². The lowest BCUT2D eigenvalue weighted by Crippen LogP contribution is -2.15. The molecule has 2 aromatic rings. The standard InChI is InChI=1S/C12H12N4O/c13-9-6-7-15-11(14)10(9)16-12(17)8-4-2-1-3-5-8/h1-7H,(H,16,17)(H4,13,14,15). The van der Waals surface area contributed by atoms with Gasteiger partial charge in [-0.25, -0.2) is 4.98 Å². The first-order valence-corrected chi connectivity index (χ1v) is 5.05. The van der Waals surface area contributed by atoms with Crippen molar-refractivity contribution in [3.8, 4) is 0 Å². The van der Waals surface area contributed by atoms with E-state index in [0.29, 0.717) is 16.9 Å². The fourth-order valence-electron chi connectivity index (χ4n) is 1.41. The predicted octanol–water partition coefficient (Wildman–Crippen LogP) is 1.50. The van der Waals surface area contributed by atoms with Crippen LogP contribution in [0.2, 0.25) is 0 Å². The number of nitrogens with zero attached hydrogens (tertiary/aromatic N) is 1. The molecule has 2 rings (SSSR count). The zero-order chi connectivity index (χ0) is 12.3. The number of benzene rings is 1. The van der Waals surface area contributed by atoms with Crippen molar-refractivity contribution in [1.82, 2.24) is 4.98 Å². The molecule has 86 valence electrons. The Morgan fingerprint density at radius 1 is 1.12 bits per heavy atom. The molecule has 0 unspecified atom stereocenters. The summed E-state index contributed by atoms with van der Waals surface area (Å²) in [5, 5.41) is 2.64. The van der Waals surface area contributed by atoms with Crippen LogP contribution in [-0.2, 0) is 0 Å². The van der Waals surface area contributed by atoms with Crippen LogP contribution in [0.15, 0.2) is 42.6 Å². The minimum atomic E-state index is -0.267. The van der Waals surface area contributed by atoms with E-state index in [1.54, 1.807) is 30.3 Å². The Kier molecular flexibility index (Phi) is 2.91. The van der Waals surface area contributed by atoms with E-state index in [4.69, 9.17) is 11.5 Å². The number of nitrogen functional groups attached to an aromatic ring is 2. The van der Waals surface area contributed by atoms with Gasteiger partial charge in [0, 0.05) is 11.8 Å². The number of aromatic nitrogens is 1. The van der Waals surface area contributed by atoms with Gasteiger partial charge in [0.1, 0.15) is 11.5 Å². The summed E-state index contributed by atoms with van der Waals surface area (Å²) in [4.78, 5) is 15.7. The fraction of sp³-hybridized carbons (Fsp3) is 0. The van der Waals surface area contributed by atoms with E-state index in [0.717, 1.165) is 0 Å². The monoisotopic (exact) mass is 228 g/mol. The third-order valence-corrected chi connectivity index (χ3v) is 2.29. The Morgan fingerprint density at radius 3 is 2.47 bits per heavy atom. The molecule has 5 nitrogen and oxygen atoms in total. The molecule has 0 aliphatic carbocycles. The van der Waals surface area contributed by atoms with Gasteiger partial charge in [-0.2, -0.15) is 0 Å². The number of amides is 1. The molecule has 1 heterocycles. The summed E-state index contributed by atoms with van der Waals surface area (Å²) in [6.07, 6.45) is 1.49. The normalized spacial score (nSPS) is 9.88. The fourth-order valence-corrected chi connectivity index (χ4v) is 1.41. The Labute approximate surface area is 98.5 Å². The SMILES string of the molecule is Nc1ccnc(N)c1NC(=O)c1ccccc1. The molecule has 5 heteroatoms. The lowest BCUT2D eigenvalue weighted by atomic mass is 10.2. The van der Waals surface area contributed by atoms with Crippen molar-refractivity contribution in [1.29, 1.82) is 0 Å². The quantitative estimate of drug-likeness (QED) is 0.726. The number of nitrogens with two attached hydrogens (primary N) is 2. The van der Waals surface area contributed by atoms with Crippen LogP contribution >= 0.6 is 0 Å². The van der Waals surface area contributed by atoms with E-state index in [1.807, 2.05) is 6.07 Å². The van der Waals surface area contributed by atoms with Crippen LogP contribution in [0.25, 0.3) is 0 Å². The number of hydrogen-bond donors (Lipinski definition) is 3. The minimum absolute atomic E-state index is 0.203. The lowest BCUT2D eigenvalue weighted by Gasteiger charge is -2.09. The second-order valence-electron chi connectivity index (χ2n) is 3.48. The molecule has 0 atom stereocenters. The molecule has 5 N–H and O–H groups in total. The molecule has 0 spiro atoms. The van der Waals surface area contributed by atoms with E-state index in [9.17, 15) is 4.79 Å². The highest BCUT2D eigenvalue weighted by molar-refractivity contribution is 6.07. The zero-order valence-corrected chi connectivity index (χ0v) is 9.05. The number of rotatable bonds is 2. The smallest absolute Gasteiger partial charge is 0.255 e.